The molecule has 10 nitrogen and oxygen atoms in total. The van der Waals surface area contributed by atoms with Crippen molar-refractivity contribution in [3.05, 3.63) is 65.9 Å². The number of rotatable bonds is 13. The summed E-state index contributed by atoms with van der Waals surface area (Å²) < 4.78 is 16.2. The van der Waals surface area contributed by atoms with E-state index in [9.17, 15) is 14.4 Å². The van der Waals surface area contributed by atoms with Gasteiger partial charge < -0.3 is 24.6 Å². The van der Waals surface area contributed by atoms with Crippen LogP contribution >= 0.6 is 0 Å². The lowest BCUT2D eigenvalue weighted by atomic mass is 9.97. The van der Waals surface area contributed by atoms with Crippen molar-refractivity contribution in [1.29, 1.82) is 0 Å². The van der Waals surface area contributed by atoms with Gasteiger partial charge in [-0.15, -0.1) is 0 Å². The van der Waals surface area contributed by atoms with Crippen LogP contribution in [0.3, 0.4) is 0 Å². The van der Waals surface area contributed by atoms with E-state index in [4.69, 9.17) is 14.0 Å². The van der Waals surface area contributed by atoms with E-state index in [0.29, 0.717) is 41.5 Å². The maximum Gasteiger partial charge on any atom is 0.248 e. The normalized spacial score (nSPS) is 11.8. The highest BCUT2D eigenvalue weighted by atomic mass is 16.5. The number of anilines is 2. The number of amides is 3. The Bertz CT molecular complexity index is 1300. The molecule has 0 unspecified atom stereocenters. The zero-order valence-corrected chi connectivity index (χ0v) is 23.9. The number of hydrogen-bond donors (Lipinski definition) is 2. The highest BCUT2D eigenvalue weighted by Crippen LogP contribution is 2.36. The summed E-state index contributed by atoms with van der Waals surface area (Å²) in [5.74, 6) is 0.686. The molecule has 1 atom stereocenters. The fourth-order valence-electron chi connectivity index (χ4n) is 4.02. The summed E-state index contributed by atoms with van der Waals surface area (Å²) in [6.07, 6.45) is 0.384. The number of methoxy groups -OCH3 is 1. The summed E-state index contributed by atoms with van der Waals surface area (Å²) in [5, 5.41) is 9.48. The van der Waals surface area contributed by atoms with E-state index in [-0.39, 0.29) is 24.6 Å². The van der Waals surface area contributed by atoms with Gasteiger partial charge in [-0.3, -0.25) is 19.3 Å². The van der Waals surface area contributed by atoms with Crippen molar-refractivity contribution in [2.24, 2.45) is 0 Å². The monoisotopic (exact) mass is 550 g/mol. The summed E-state index contributed by atoms with van der Waals surface area (Å²) in [7, 11) is 1.56. The molecule has 0 aliphatic carbocycles. The van der Waals surface area contributed by atoms with Gasteiger partial charge in [-0.25, -0.2) is 0 Å². The first-order valence-corrected chi connectivity index (χ1v) is 13.3. The lowest BCUT2D eigenvalue weighted by Gasteiger charge is -2.35. The van der Waals surface area contributed by atoms with Crippen LogP contribution in [0.15, 0.2) is 59.1 Å². The number of aryl methyl sites for hydroxylation is 1. The zero-order valence-electron chi connectivity index (χ0n) is 23.9. The van der Waals surface area contributed by atoms with Crippen LogP contribution in [0, 0.1) is 6.92 Å². The van der Waals surface area contributed by atoms with E-state index < -0.39 is 23.4 Å². The number of nitrogens with zero attached hydrogens (tertiary/aromatic N) is 2. The molecule has 3 aromatic rings. The Labute approximate surface area is 235 Å². The second-order valence-corrected chi connectivity index (χ2v) is 9.94. The van der Waals surface area contributed by atoms with Crippen LogP contribution in [0.5, 0.6) is 11.5 Å². The lowest BCUT2D eigenvalue weighted by molar-refractivity contribution is -0.128. The van der Waals surface area contributed by atoms with Crippen molar-refractivity contribution in [3.63, 3.8) is 0 Å². The van der Waals surface area contributed by atoms with Crippen LogP contribution in [0.4, 0.5) is 11.5 Å². The van der Waals surface area contributed by atoms with Crippen LogP contribution < -0.4 is 25.0 Å². The average Bonchev–Trinajstić information content (AvgIpc) is 3.35. The molecule has 0 spiro atoms. The van der Waals surface area contributed by atoms with E-state index in [1.165, 1.54) is 4.90 Å². The highest BCUT2D eigenvalue weighted by molar-refractivity contribution is 6.04. The quantitative estimate of drug-likeness (QED) is 0.300. The molecular weight excluding hydrogens is 512 g/mol. The molecule has 0 fully saturated rings. The second kappa shape index (κ2) is 13.6. The molecule has 0 saturated heterocycles. The molecule has 1 heterocycles. The summed E-state index contributed by atoms with van der Waals surface area (Å²) in [6.45, 7) is 9.74. The zero-order chi connectivity index (χ0) is 29.3. The van der Waals surface area contributed by atoms with Crippen molar-refractivity contribution < 1.29 is 28.4 Å². The lowest BCUT2D eigenvalue weighted by Crippen LogP contribution is -2.50. The van der Waals surface area contributed by atoms with E-state index in [1.807, 2.05) is 27.7 Å². The summed E-state index contributed by atoms with van der Waals surface area (Å²) in [4.78, 5) is 42.0. The van der Waals surface area contributed by atoms with E-state index in [1.54, 1.807) is 68.6 Å². The van der Waals surface area contributed by atoms with Crippen molar-refractivity contribution in [2.75, 3.05) is 23.9 Å². The molecule has 3 rings (SSSR count). The van der Waals surface area contributed by atoms with Crippen LogP contribution in [-0.2, 0) is 14.4 Å². The largest absolute Gasteiger partial charge is 0.497 e. The van der Waals surface area contributed by atoms with Crippen molar-refractivity contribution in [2.45, 2.75) is 65.5 Å². The Morgan fingerprint density at radius 2 is 1.75 bits per heavy atom. The average molecular weight is 551 g/mol. The van der Waals surface area contributed by atoms with Crippen molar-refractivity contribution in [3.8, 4) is 11.5 Å². The van der Waals surface area contributed by atoms with Crippen molar-refractivity contribution in [1.82, 2.24) is 10.5 Å². The summed E-state index contributed by atoms with van der Waals surface area (Å²) in [5.41, 5.74) is 0.477. The molecule has 214 valence electrons. The molecule has 0 aliphatic rings. The third-order valence-electron chi connectivity index (χ3n) is 6.44. The molecular formula is C30H38N4O6. The predicted molar refractivity (Wildman–Crippen MR) is 152 cm³/mol. The molecule has 40 heavy (non-hydrogen) atoms. The molecule has 0 radical (unpaired) electrons. The molecule has 3 amide bonds. The smallest absolute Gasteiger partial charge is 0.248 e. The van der Waals surface area contributed by atoms with Gasteiger partial charge in [0.1, 0.15) is 23.3 Å². The van der Waals surface area contributed by atoms with Crippen molar-refractivity contribution >= 4 is 29.2 Å². The van der Waals surface area contributed by atoms with Gasteiger partial charge in [-0.1, -0.05) is 36.3 Å². The van der Waals surface area contributed by atoms with Gasteiger partial charge in [0.15, 0.2) is 5.82 Å². The Kier molecular flexibility index (Phi) is 10.3. The summed E-state index contributed by atoms with van der Waals surface area (Å²) >= 11 is 0. The highest BCUT2D eigenvalue weighted by Gasteiger charge is 2.36. The van der Waals surface area contributed by atoms with Gasteiger partial charge in [-0.05, 0) is 63.9 Å². The molecule has 0 saturated carbocycles. The maximum absolute atomic E-state index is 14.0. The van der Waals surface area contributed by atoms with Gasteiger partial charge in [0.05, 0.1) is 19.4 Å². The maximum atomic E-state index is 14.0. The Morgan fingerprint density at radius 1 is 1.05 bits per heavy atom. The minimum atomic E-state index is -1.05. The number of ether oxygens (including phenoxy) is 2. The van der Waals surface area contributed by atoms with E-state index in [2.05, 4.69) is 15.8 Å². The van der Waals surface area contributed by atoms with E-state index >= 15 is 0 Å². The minimum absolute atomic E-state index is 0.130. The first kappa shape index (κ1) is 30.2. The third-order valence-corrected chi connectivity index (χ3v) is 6.44. The topological polar surface area (TPSA) is 123 Å². The Morgan fingerprint density at radius 3 is 2.35 bits per heavy atom. The predicted octanol–water partition coefficient (Wildman–Crippen LogP) is 5.19. The van der Waals surface area contributed by atoms with Crippen LogP contribution in [0.2, 0.25) is 0 Å². The Balaban J connectivity index is 2.03. The number of hydrogen-bond acceptors (Lipinski definition) is 7. The Hall–Kier alpha value is -4.34. The fraction of sp³-hybridized carbons (Fsp3) is 0.400. The molecule has 0 bridgehead atoms. The molecule has 2 N–H and O–H groups in total. The number of benzene rings is 2. The van der Waals surface area contributed by atoms with Gasteiger partial charge >= 0.3 is 0 Å². The number of carbonyl (C=O) groups is 3. The number of aromatic nitrogens is 1. The number of carbonyl (C=O) groups excluding carboxylic acids is 3. The van der Waals surface area contributed by atoms with Crippen LogP contribution in [-0.4, -0.2) is 42.1 Å². The molecule has 0 aliphatic heterocycles. The second-order valence-electron chi connectivity index (χ2n) is 9.94. The number of nitrogens with one attached hydrogen (secondary N) is 2. The van der Waals surface area contributed by atoms with Crippen LogP contribution in [0.25, 0.3) is 0 Å². The molecule has 2 aromatic carbocycles. The summed E-state index contributed by atoms with van der Waals surface area (Å²) in [6, 6.07) is 14.6. The first-order valence-electron chi connectivity index (χ1n) is 13.3. The van der Waals surface area contributed by atoms with Gasteiger partial charge in [-0.2, -0.15) is 0 Å². The molecule has 1 aromatic heterocycles. The molecule has 10 heteroatoms. The van der Waals surface area contributed by atoms with Gasteiger partial charge in [0.2, 0.25) is 17.7 Å². The van der Waals surface area contributed by atoms with E-state index in [0.717, 1.165) is 0 Å². The van der Waals surface area contributed by atoms with Gasteiger partial charge in [0, 0.05) is 24.4 Å². The SMILES string of the molecule is CCOc1ccccc1N(C(=O)CCC(=O)Nc1cc(C)on1)[C@H](C(=O)NC(C)(C)CC)c1ccc(OC)cc1. The standard InChI is InChI=1S/C30H38N4O6/c1-7-30(4,5)32-29(37)28(21-13-15-22(38-6)16-14-21)34(23-11-9-10-12-24(23)39-8-2)27(36)18-17-26(35)31-25-19-20(3)40-33-25/h9-16,19,28H,7-8,17-18H2,1-6H3,(H,32,37)(H,31,33,35)/t28-/m0/s1. The number of para-hydroxylation sites is 2. The third kappa shape index (κ3) is 7.84. The first-order chi connectivity index (χ1) is 19.1. The fourth-order valence-corrected chi connectivity index (χ4v) is 4.02. The minimum Gasteiger partial charge on any atom is -0.497 e. The van der Waals surface area contributed by atoms with Gasteiger partial charge in [0.25, 0.3) is 0 Å². The van der Waals surface area contributed by atoms with Crippen LogP contribution in [0.1, 0.15) is 64.3 Å².